The Morgan fingerprint density at radius 1 is 1.24 bits per heavy atom. The SMILES string of the molecule is CN(C)CCCO[C@@H]1C[C@@H]2CC[C@@]1(C)C2(C)C. The molecule has 0 aromatic rings. The first kappa shape index (κ1) is 13.4. The highest BCUT2D eigenvalue weighted by Gasteiger charge is 2.61. The summed E-state index contributed by atoms with van der Waals surface area (Å²) in [6, 6.07) is 0. The van der Waals surface area contributed by atoms with Crippen LogP contribution in [0.3, 0.4) is 0 Å². The Hall–Kier alpha value is -0.0800. The summed E-state index contributed by atoms with van der Waals surface area (Å²) in [5, 5.41) is 0. The van der Waals surface area contributed by atoms with Crippen molar-refractivity contribution in [3.63, 3.8) is 0 Å². The van der Waals surface area contributed by atoms with Gasteiger partial charge in [-0.1, -0.05) is 20.8 Å². The van der Waals surface area contributed by atoms with Gasteiger partial charge in [-0.25, -0.2) is 0 Å². The van der Waals surface area contributed by atoms with Crippen molar-refractivity contribution < 1.29 is 4.74 Å². The fourth-order valence-electron chi connectivity index (χ4n) is 3.99. The number of rotatable bonds is 5. The lowest BCUT2D eigenvalue weighted by atomic mass is 9.70. The van der Waals surface area contributed by atoms with E-state index in [1.54, 1.807) is 0 Å². The summed E-state index contributed by atoms with van der Waals surface area (Å²) in [7, 11) is 4.25. The van der Waals surface area contributed by atoms with Crippen molar-refractivity contribution in [1.82, 2.24) is 4.90 Å². The molecular weight excluding hydrogens is 210 g/mol. The molecule has 0 saturated heterocycles. The fourth-order valence-corrected chi connectivity index (χ4v) is 3.99. The van der Waals surface area contributed by atoms with Crippen molar-refractivity contribution in [3.05, 3.63) is 0 Å². The van der Waals surface area contributed by atoms with E-state index >= 15 is 0 Å². The van der Waals surface area contributed by atoms with Gasteiger partial charge >= 0.3 is 0 Å². The van der Waals surface area contributed by atoms with Gasteiger partial charge in [-0.2, -0.15) is 0 Å². The number of fused-ring (bicyclic) bond motifs is 2. The molecule has 2 bridgehead atoms. The normalized spacial score (nSPS) is 39.2. The second kappa shape index (κ2) is 4.55. The van der Waals surface area contributed by atoms with Crippen LogP contribution >= 0.6 is 0 Å². The molecule has 0 unspecified atom stereocenters. The molecule has 2 rings (SSSR count). The monoisotopic (exact) mass is 239 g/mol. The lowest BCUT2D eigenvalue weighted by molar-refractivity contribution is -0.0480. The van der Waals surface area contributed by atoms with Crippen LogP contribution in [0.1, 0.15) is 46.5 Å². The first-order chi connectivity index (χ1) is 7.88. The van der Waals surface area contributed by atoms with E-state index in [4.69, 9.17) is 4.74 Å². The maximum Gasteiger partial charge on any atom is 0.0636 e. The Morgan fingerprint density at radius 3 is 2.41 bits per heavy atom. The van der Waals surface area contributed by atoms with Gasteiger partial charge in [0, 0.05) is 6.61 Å². The summed E-state index contributed by atoms with van der Waals surface area (Å²) in [4.78, 5) is 2.23. The molecule has 0 amide bonds. The van der Waals surface area contributed by atoms with Crippen molar-refractivity contribution in [3.8, 4) is 0 Å². The highest BCUT2D eigenvalue weighted by Crippen LogP contribution is 2.66. The molecular formula is C15H29NO. The van der Waals surface area contributed by atoms with Gasteiger partial charge in [0.25, 0.3) is 0 Å². The van der Waals surface area contributed by atoms with E-state index in [0.717, 1.165) is 25.5 Å². The van der Waals surface area contributed by atoms with Gasteiger partial charge in [-0.05, 0) is 63.1 Å². The summed E-state index contributed by atoms with van der Waals surface area (Å²) in [6.07, 6.45) is 5.75. The predicted octanol–water partition coefficient (Wildman–Crippen LogP) is 3.17. The minimum absolute atomic E-state index is 0.426. The van der Waals surface area contributed by atoms with E-state index in [0.29, 0.717) is 16.9 Å². The summed E-state index contributed by atoms with van der Waals surface area (Å²) in [5.41, 5.74) is 0.912. The third-order valence-corrected chi connectivity index (χ3v) is 5.78. The van der Waals surface area contributed by atoms with Crippen molar-refractivity contribution in [2.75, 3.05) is 27.2 Å². The van der Waals surface area contributed by atoms with E-state index in [-0.39, 0.29) is 0 Å². The Bertz CT molecular complexity index is 274. The molecule has 2 saturated carbocycles. The largest absolute Gasteiger partial charge is 0.378 e. The van der Waals surface area contributed by atoms with Crippen molar-refractivity contribution in [2.24, 2.45) is 16.7 Å². The van der Waals surface area contributed by atoms with Crippen molar-refractivity contribution >= 4 is 0 Å². The lowest BCUT2D eigenvalue weighted by Gasteiger charge is -2.39. The van der Waals surface area contributed by atoms with Crippen LogP contribution in [0.2, 0.25) is 0 Å². The van der Waals surface area contributed by atoms with Gasteiger partial charge in [0.15, 0.2) is 0 Å². The molecule has 0 aromatic carbocycles. The van der Waals surface area contributed by atoms with E-state index in [1.807, 2.05) is 0 Å². The van der Waals surface area contributed by atoms with E-state index < -0.39 is 0 Å². The molecule has 2 aliphatic rings. The number of ether oxygens (including phenoxy) is 1. The van der Waals surface area contributed by atoms with Gasteiger partial charge in [-0.15, -0.1) is 0 Å². The van der Waals surface area contributed by atoms with Crippen LogP contribution < -0.4 is 0 Å². The number of hydrogen-bond acceptors (Lipinski definition) is 2. The molecule has 100 valence electrons. The smallest absolute Gasteiger partial charge is 0.0636 e. The standard InChI is InChI=1S/C15H29NO/c1-14(2)12-7-8-15(14,3)13(11-12)17-10-6-9-16(4)5/h12-13H,6-11H2,1-5H3/t12-,13+,15+/m0/s1. The van der Waals surface area contributed by atoms with Crippen LogP contribution in [-0.2, 0) is 4.74 Å². The van der Waals surface area contributed by atoms with E-state index in [2.05, 4.69) is 39.8 Å². The van der Waals surface area contributed by atoms with E-state index in [9.17, 15) is 0 Å². The van der Waals surface area contributed by atoms with Gasteiger partial charge < -0.3 is 9.64 Å². The third-order valence-electron chi connectivity index (χ3n) is 5.78. The lowest BCUT2D eigenvalue weighted by Crippen LogP contribution is -2.37. The molecule has 0 radical (unpaired) electrons. The molecule has 0 N–H and O–H groups in total. The van der Waals surface area contributed by atoms with Crippen molar-refractivity contribution in [2.45, 2.75) is 52.6 Å². The summed E-state index contributed by atoms with van der Waals surface area (Å²) >= 11 is 0. The van der Waals surface area contributed by atoms with Gasteiger partial charge in [0.1, 0.15) is 0 Å². The second-order valence-electron chi connectivity index (χ2n) is 7.13. The van der Waals surface area contributed by atoms with Gasteiger partial charge in [0.05, 0.1) is 6.10 Å². The van der Waals surface area contributed by atoms with Crippen LogP contribution in [0.15, 0.2) is 0 Å². The zero-order valence-corrected chi connectivity index (χ0v) is 12.3. The van der Waals surface area contributed by atoms with Gasteiger partial charge in [-0.3, -0.25) is 0 Å². The molecule has 0 spiro atoms. The maximum atomic E-state index is 6.20. The average molecular weight is 239 g/mol. The van der Waals surface area contributed by atoms with Gasteiger partial charge in [0.2, 0.25) is 0 Å². The van der Waals surface area contributed by atoms with Crippen LogP contribution in [0, 0.1) is 16.7 Å². The van der Waals surface area contributed by atoms with Crippen LogP contribution in [-0.4, -0.2) is 38.3 Å². The Balaban J connectivity index is 1.84. The number of hydrogen-bond donors (Lipinski definition) is 0. The molecule has 2 fully saturated rings. The Morgan fingerprint density at radius 2 is 1.94 bits per heavy atom. The molecule has 0 aliphatic heterocycles. The molecule has 0 aromatic heterocycles. The van der Waals surface area contributed by atoms with Crippen LogP contribution in [0.4, 0.5) is 0 Å². The fraction of sp³-hybridized carbons (Fsp3) is 1.00. The second-order valence-corrected chi connectivity index (χ2v) is 7.13. The number of nitrogens with zero attached hydrogens (tertiary/aromatic N) is 1. The highest BCUT2D eigenvalue weighted by molar-refractivity contribution is 5.11. The zero-order chi connectivity index (χ0) is 12.7. The minimum Gasteiger partial charge on any atom is -0.378 e. The van der Waals surface area contributed by atoms with Crippen LogP contribution in [0.5, 0.6) is 0 Å². The predicted molar refractivity (Wildman–Crippen MR) is 72.1 cm³/mol. The first-order valence-electron chi connectivity index (χ1n) is 7.14. The molecule has 0 heterocycles. The quantitative estimate of drug-likeness (QED) is 0.683. The van der Waals surface area contributed by atoms with Crippen molar-refractivity contribution in [1.29, 1.82) is 0 Å². The highest BCUT2D eigenvalue weighted by atomic mass is 16.5. The summed E-state index contributed by atoms with van der Waals surface area (Å²) < 4.78 is 6.20. The van der Waals surface area contributed by atoms with Crippen LogP contribution in [0.25, 0.3) is 0 Å². The zero-order valence-electron chi connectivity index (χ0n) is 12.3. The Kier molecular flexibility index (Phi) is 3.57. The molecule has 3 atom stereocenters. The minimum atomic E-state index is 0.426. The molecule has 2 heteroatoms. The Labute approximate surface area is 107 Å². The maximum absolute atomic E-state index is 6.20. The molecule has 2 aliphatic carbocycles. The topological polar surface area (TPSA) is 12.5 Å². The average Bonchev–Trinajstić information content (AvgIpc) is 2.56. The van der Waals surface area contributed by atoms with E-state index in [1.165, 1.54) is 19.3 Å². The summed E-state index contributed by atoms with van der Waals surface area (Å²) in [6.45, 7) is 9.43. The first-order valence-corrected chi connectivity index (χ1v) is 7.14. The molecule has 17 heavy (non-hydrogen) atoms. The molecule has 2 nitrogen and oxygen atoms in total. The third kappa shape index (κ3) is 2.15. The summed E-state index contributed by atoms with van der Waals surface area (Å²) in [5.74, 6) is 0.895.